The Balaban J connectivity index is 1.92. The summed E-state index contributed by atoms with van der Waals surface area (Å²) in [4.78, 5) is 11.3. The quantitative estimate of drug-likeness (QED) is 0.813. The number of carbonyl (C=O) groups excluding carboxylic acids is 1. The summed E-state index contributed by atoms with van der Waals surface area (Å²) in [6.07, 6.45) is 4.03. The molecule has 0 amide bonds. The van der Waals surface area contributed by atoms with E-state index in [1.54, 1.807) is 0 Å². The molecular formula is C17H28O4. The largest absolute Gasteiger partial charge is 0.465 e. The molecule has 6 atom stereocenters. The molecule has 21 heavy (non-hydrogen) atoms. The Morgan fingerprint density at radius 1 is 1.29 bits per heavy atom. The smallest absolute Gasteiger partial charge is 0.302 e. The van der Waals surface area contributed by atoms with E-state index in [4.69, 9.17) is 9.47 Å². The van der Waals surface area contributed by atoms with E-state index in [1.165, 1.54) is 6.92 Å². The van der Waals surface area contributed by atoms with E-state index in [-0.39, 0.29) is 29.5 Å². The van der Waals surface area contributed by atoms with Crippen molar-refractivity contribution in [2.45, 2.75) is 71.2 Å². The Kier molecular flexibility index (Phi) is 3.61. The Labute approximate surface area is 127 Å². The maximum atomic E-state index is 11.3. The molecule has 2 heterocycles. The summed E-state index contributed by atoms with van der Waals surface area (Å²) in [5.74, 6) is 0.715. The maximum absolute atomic E-state index is 11.3. The third-order valence-electron chi connectivity index (χ3n) is 6.45. The van der Waals surface area contributed by atoms with Crippen LogP contribution in [0.4, 0.5) is 0 Å². The van der Waals surface area contributed by atoms with Crippen LogP contribution >= 0.6 is 0 Å². The van der Waals surface area contributed by atoms with Gasteiger partial charge in [-0.25, -0.2) is 0 Å². The van der Waals surface area contributed by atoms with Crippen LogP contribution in [-0.2, 0) is 14.3 Å². The van der Waals surface area contributed by atoms with Gasteiger partial charge in [0.25, 0.3) is 0 Å². The first-order valence-corrected chi connectivity index (χ1v) is 8.31. The zero-order valence-electron chi connectivity index (χ0n) is 13.6. The monoisotopic (exact) mass is 296 g/mol. The van der Waals surface area contributed by atoms with Gasteiger partial charge in [0.1, 0.15) is 0 Å². The summed E-state index contributed by atoms with van der Waals surface area (Å²) in [6.45, 7) is 8.39. The molecule has 3 fully saturated rings. The summed E-state index contributed by atoms with van der Waals surface area (Å²) >= 11 is 0. The van der Waals surface area contributed by atoms with Crippen LogP contribution in [0.15, 0.2) is 0 Å². The Bertz CT molecular complexity index is 429. The molecule has 4 heteroatoms. The van der Waals surface area contributed by atoms with Gasteiger partial charge in [-0.05, 0) is 24.7 Å². The summed E-state index contributed by atoms with van der Waals surface area (Å²) < 4.78 is 11.7. The van der Waals surface area contributed by atoms with Gasteiger partial charge in [-0.15, -0.1) is 0 Å². The first-order chi connectivity index (χ1) is 9.79. The first-order valence-electron chi connectivity index (χ1n) is 8.31. The van der Waals surface area contributed by atoms with Crippen LogP contribution in [0.5, 0.6) is 0 Å². The zero-order chi connectivity index (χ0) is 15.4. The number of esters is 1. The first kappa shape index (κ1) is 15.3. The summed E-state index contributed by atoms with van der Waals surface area (Å²) in [7, 11) is 0. The number of hydrogen-bond acceptors (Lipinski definition) is 4. The standard InChI is InChI=1S/C17H28O4/c1-10-11(2)15-16(4,9-20-12(3)18)14(13(10)21-15)17(19)7-5-6-8-17/h10-11,13-15,19H,5-9H2,1-4H3. The molecule has 2 bridgehead atoms. The van der Waals surface area contributed by atoms with Crippen LogP contribution in [0, 0.1) is 23.2 Å². The minimum absolute atomic E-state index is 0.0723. The summed E-state index contributed by atoms with van der Waals surface area (Å²) in [6, 6.07) is 0. The second-order valence-corrected chi connectivity index (χ2v) is 7.81. The van der Waals surface area contributed by atoms with Gasteiger partial charge >= 0.3 is 5.97 Å². The van der Waals surface area contributed by atoms with Crippen LogP contribution in [0.1, 0.15) is 53.4 Å². The van der Waals surface area contributed by atoms with Gasteiger partial charge in [0.2, 0.25) is 0 Å². The van der Waals surface area contributed by atoms with Crippen molar-refractivity contribution in [1.82, 2.24) is 0 Å². The van der Waals surface area contributed by atoms with Gasteiger partial charge in [-0.3, -0.25) is 4.79 Å². The van der Waals surface area contributed by atoms with Crippen LogP contribution in [0.2, 0.25) is 0 Å². The number of fused-ring (bicyclic) bond motifs is 2. The lowest BCUT2D eigenvalue weighted by atomic mass is 9.56. The van der Waals surface area contributed by atoms with Crippen LogP contribution in [0.3, 0.4) is 0 Å². The normalized spacial score (nSPS) is 47.8. The average molecular weight is 296 g/mol. The molecule has 2 saturated heterocycles. The molecule has 0 aromatic rings. The molecule has 0 aromatic heterocycles. The van der Waals surface area contributed by atoms with Crippen molar-refractivity contribution in [1.29, 1.82) is 0 Å². The van der Waals surface area contributed by atoms with E-state index in [1.807, 2.05) is 0 Å². The van der Waals surface area contributed by atoms with E-state index in [0.717, 1.165) is 25.7 Å². The number of ether oxygens (including phenoxy) is 2. The molecular weight excluding hydrogens is 268 g/mol. The highest BCUT2D eigenvalue weighted by Gasteiger charge is 2.68. The zero-order valence-corrected chi connectivity index (χ0v) is 13.6. The Hall–Kier alpha value is -0.610. The van der Waals surface area contributed by atoms with Gasteiger partial charge in [-0.2, -0.15) is 0 Å². The SMILES string of the molecule is CC(=O)OCC1(C)C2OC(C(C)C2C)C1C1(O)CCCC1. The highest BCUT2D eigenvalue weighted by Crippen LogP contribution is 2.62. The average Bonchev–Trinajstić information content (AvgIpc) is 3.05. The minimum atomic E-state index is -0.650. The van der Waals surface area contributed by atoms with Gasteiger partial charge in [0.05, 0.1) is 24.4 Å². The molecule has 0 radical (unpaired) electrons. The Morgan fingerprint density at radius 2 is 1.90 bits per heavy atom. The third kappa shape index (κ3) is 2.14. The van der Waals surface area contributed by atoms with Crippen molar-refractivity contribution >= 4 is 5.97 Å². The van der Waals surface area contributed by atoms with Gasteiger partial charge < -0.3 is 14.6 Å². The molecule has 0 spiro atoms. The highest BCUT2D eigenvalue weighted by molar-refractivity contribution is 5.65. The van der Waals surface area contributed by atoms with Crippen molar-refractivity contribution in [2.75, 3.05) is 6.61 Å². The number of rotatable bonds is 3. The lowest BCUT2D eigenvalue weighted by Crippen LogP contribution is -2.56. The van der Waals surface area contributed by atoms with Crippen LogP contribution in [-0.4, -0.2) is 35.5 Å². The van der Waals surface area contributed by atoms with E-state index >= 15 is 0 Å². The molecule has 0 aromatic carbocycles. The predicted molar refractivity (Wildman–Crippen MR) is 78.6 cm³/mol. The molecule has 120 valence electrons. The highest BCUT2D eigenvalue weighted by atomic mass is 16.5. The molecule has 6 unspecified atom stereocenters. The lowest BCUT2D eigenvalue weighted by Gasteiger charge is -2.48. The fourth-order valence-electron chi connectivity index (χ4n) is 5.33. The molecule has 3 aliphatic rings. The topological polar surface area (TPSA) is 55.8 Å². The van der Waals surface area contributed by atoms with E-state index in [2.05, 4.69) is 20.8 Å². The lowest BCUT2D eigenvalue weighted by molar-refractivity contribution is -0.153. The molecule has 2 aliphatic heterocycles. The fraction of sp³-hybridized carbons (Fsp3) is 0.941. The van der Waals surface area contributed by atoms with Crippen molar-refractivity contribution in [2.24, 2.45) is 23.2 Å². The second kappa shape index (κ2) is 4.95. The Morgan fingerprint density at radius 3 is 2.48 bits per heavy atom. The van der Waals surface area contributed by atoms with Crippen molar-refractivity contribution in [3.63, 3.8) is 0 Å². The van der Waals surface area contributed by atoms with Crippen LogP contribution < -0.4 is 0 Å². The summed E-state index contributed by atoms with van der Waals surface area (Å²) in [5.41, 5.74) is -0.927. The van der Waals surface area contributed by atoms with Crippen molar-refractivity contribution in [3.8, 4) is 0 Å². The number of carbonyl (C=O) groups is 1. The molecule has 1 N–H and O–H groups in total. The van der Waals surface area contributed by atoms with Gasteiger partial charge in [-0.1, -0.05) is 33.6 Å². The number of aliphatic hydroxyl groups is 1. The molecule has 3 rings (SSSR count). The fourth-order valence-corrected chi connectivity index (χ4v) is 5.33. The van der Waals surface area contributed by atoms with Gasteiger partial charge in [0.15, 0.2) is 0 Å². The van der Waals surface area contributed by atoms with Crippen molar-refractivity contribution < 1.29 is 19.4 Å². The van der Waals surface area contributed by atoms with E-state index in [0.29, 0.717) is 18.4 Å². The maximum Gasteiger partial charge on any atom is 0.302 e. The third-order valence-corrected chi connectivity index (χ3v) is 6.45. The van der Waals surface area contributed by atoms with Crippen LogP contribution in [0.25, 0.3) is 0 Å². The van der Waals surface area contributed by atoms with Crippen molar-refractivity contribution in [3.05, 3.63) is 0 Å². The summed E-state index contributed by atoms with van der Waals surface area (Å²) in [5, 5.41) is 11.2. The molecule has 1 aliphatic carbocycles. The number of hydrogen-bond donors (Lipinski definition) is 1. The minimum Gasteiger partial charge on any atom is -0.465 e. The molecule has 4 nitrogen and oxygen atoms in total. The van der Waals surface area contributed by atoms with E-state index in [9.17, 15) is 9.90 Å². The predicted octanol–water partition coefficient (Wildman–Crippen LogP) is 2.53. The van der Waals surface area contributed by atoms with E-state index < -0.39 is 5.60 Å². The molecule has 1 saturated carbocycles. The second-order valence-electron chi connectivity index (χ2n) is 7.81. The van der Waals surface area contributed by atoms with Gasteiger partial charge in [0, 0.05) is 18.3 Å².